The number of nitrogens with one attached hydrogen (secondary N) is 2. The van der Waals surface area contributed by atoms with Crippen molar-refractivity contribution in [2.24, 2.45) is 0 Å². The lowest BCUT2D eigenvalue weighted by atomic mass is 10.1. The first-order valence-corrected chi connectivity index (χ1v) is 10.5. The number of ether oxygens (including phenoxy) is 1. The van der Waals surface area contributed by atoms with E-state index in [1.165, 1.54) is 6.33 Å². The van der Waals surface area contributed by atoms with Crippen molar-refractivity contribution in [3.8, 4) is 0 Å². The first-order chi connectivity index (χ1) is 12.0. The largest absolute Gasteiger partial charge is 0.381 e. The van der Waals surface area contributed by atoms with Gasteiger partial charge in [0, 0.05) is 38.3 Å². The highest BCUT2D eigenvalue weighted by Crippen LogP contribution is 2.16. The Kier molecular flexibility index (Phi) is 6.02. The number of sulfone groups is 1. The third-order valence-electron chi connectivity index (χ3n) is 4.63. The van der Waals surface area contributed by atoms with E-state index in [1.807, 2.05) is 0 Å². The van der Waals surface area contributed by atoms with Gasteiger partial charge in [-0.3, -0.25) is 9.48 Å². The van der Waals surface area contributed by atoms with Gasteiger partial charge in [0.05, 0.1) is 17.5 Å². The molecular formula is C15H25N5O4S. The van der Waals surface area contributed by atoms with Gasteiger partial charge in [-0.05, 0) is 19.3 Å². The molecule has 0 radical (unpaired) electrons. The number of nitrogens with zero attached hydrogens (tertiary/aromatic N) is 3. The molecule has 2 fully saturated rings. The second-order valence-corrected chi connectivity index (χ2v) is 8.83. The van der Waals surface area contributed by atoms with E-state index in [2.05, 4.69) is 20.7 Å². The third kappa shape index (κ3) is 5.48. The van der Waals surface area contributed by atoms with Gasteiger partial charge >= 0.3 is 0 Å². The minimum absolute atomic E-state index is 0.00268. The minimum Gasteiger partial charge on any atom is -0.381 e. The Morgan fingerprint density at radius 3 is 2.72 bits per heavy atom. The summed E-state index contributed by atoms with van der Waals surface area (Å²) in [7, 11) is -3.13. The Morgan fingerprint density at radius 1 is 1.24 bits per heavy atom. The highest BCUT2D eigenvalue weighted by molar-refractivity contribution is 7.91. The molecular weight excluding hydrogens is 346 g/mol. The Morgan fingerprint density at radius 2 is 2.00 bits per heavy atom. The molecule has 2 aliphatic rings. The van der Waals surface area contributed by atoms with Crippen LogP contribution in [0.5, 0.6) is 0 Å². The predicted octanol–water partition coefficient (Wildman–Crippen LogP) is -0.891. The van der Waals surface area contributed by atoms with Crippen molar-refractivity contribution >= 4 is 15.7 Å². The molecule has 0 aromatic carbocycles. The fourth-order valence-electron chi connectivity index (χ4n) is 3.35. The lowest BCUT2D eigenvalue weighted by molar-refractivity contribution is -0.121. The number of hydrogen-bond acceptors (Lipinski definition) is 7. The Labute approximate surface area is 147 Å². The maximum absolute atomic E-state index is 12.2. The average Bonchev–Trinajstić information content (AvgIpc) is 3.16. The lowest BCUT2D eigenvalue weighted by Gasteiger charge is -2.29. The highest BCUT2D eigenvalue weighted by Gasteiger charge is 2.39. The molecule has 0 saturated carbocycles. The molecule has 1 aromatic heterocycles. The van der Waals surface area contributed by atoms with Crippen LogP contribution in [0.2, 0.25) is 0 Å². The van der Waals surface area contributed by atoms with Crippen LogP contribution in [-0.4, -0.2) is 71.9 Å². The zero-order chi connectivity index (χ0) is 17.7. The number of amides is 1. The van der Waals surface area contributed by atoms with E-state index in [4.69, 9.17) is 4.74 Å². The molecule has 1 amide bonds. The second kappa shape index (κ2) is 8.24. The molecule has 25 heavy (non-hydrogen) atoms. The minimum atomic E-state index is -3.13. The molecule has 2 N–H and O–H groups in total. The molecule has 2 atom stereocenters. The van der Waals surface area contributed by atoms with E-state index in [-0.39, 0.29) is 35.5 Å². The summed E-state index contributed by atoms with van der Waals surface area (Å²) in [5.41, 5.74) is 0. The summed E-state index contributed by atoms with van der Waals surface area (Å²) in [6, 6.07) is -0.349. The summed E-state index contributed by atoms with van der Waals surface area (Å²) in [5.74, 6) is -0.0438. The molecule has 3 heterocycles. The van der Waals surface area contributed by atoms with Crippen molar-refractivity contribution in [3.63, 3.8) is 0 Å². The van der Waals surface area contributed by atoms with Gasteiger partial charge < -0.3 is 15.4 Å². The van der Waals surface area contributed by atoms with Crippen molar-refractivity contribution in [2.45, 2.75) is 50.4 Å². The van der Waals surface area contributed by atoms with Gasteiger partial charge in [0.15, 0.2) is 9.84 Å². The summed E-state index contributed by atoms with van der Waals surface area (Å²) in [4.78, 5) is 16.0. The van der Waals surface area contributed by atoms with Crippen LogP contribution in [0, 0.1) is 0 Å². The van der Waals surface area contributed by atoms with Crippen LogP contribution in [0.25, 0.3) is 0 Å². The van der Waals surface area contributed by atoms with Gasteiger partial charge in [-0.1, -0.05) is 0 Å². The first kappa shape index (κ1) is 18.3. The quantitative estimate of drug-likeness (QED) is 0.639. The van der Waals surface area contributed by atoms with Crippen LogP contribution < -0.4 is 10.6 Å². The zero-order valence-electron chi connectivity index (χ0n) is 14.1. The number of aryl methyl sites for hydroxylation is 1. The molecule has 3 rings (SSSR count). The number of carbonyl (C=O) groups is 1. The van der Waals surface area contributed by atoms with Crippen LogP contribution in [0.1, 0.15) is 25.7 Å². The first-order valence-electron chi connectivity index (χ1n) is 8.68. The molecule has 0 aliphatic carbocycles. The summed E-state index contributed by atoms with van der Waals surface area (Å²) >= 11 is 0. The molecule has 2 saturated heterocycles. The van der Waals surface area contributed by atoms with Crippen LogP contribution in [0.3, 0.4) is 0 Å². The zero-order valence-corrected chi connectivity index (χ0v) is 15.0. The molecule has 10 heteroatoms. The topological polar surface area (TPSA) is 115 Å². The molecule has 1 aromatic rings. The monoisotopic (exact) mass is 371 g/mol. The average molecular weight is 371 g/mol. The number of hydrogen-bond donors (Lipinski definition) is 2. The van der Waals surface area contributed by atoms with Crippen LogP contribution in [0.4, 0.5) is 0 Å². The van der Waals surface area contributed by atoms with Gasteiger partial charge in [0.25, 0.3) is 0 Å². The van der Waals surface area contributed by atoms with E-state index in [0.717, 1.165) is 12.8 Å². The molecule has 0 bridgehead atoms. The standard InChI is InChI=1S/C15H25N5O4S/c21-15(2-1-5-20-11-16-10-17-20)19-14-9-25(22,23)8-13(14)18-12-3-6-24-7-4-12/h10-14,18H,1-9H2,(H,19,21)/t13-,14-/m1/s1. The van der Waals surface area contributed by atoms with Gasteiger partial charge in [0.2, 0.25) is 5.91 Å². The predicted molar refractivity (Wildman–Crippen MR) is 90.6 cm³/mol. The molecule has 2 aliphatic heterocycles. The van der Waals surface area contributed by atoms with E-state index in [0.29, 0.717) is 32.6 Å². The second-order valence-electron chi connectivity index (χ2n) is 6.67. The van der Waals surface area contributed by atoms with Crippen molar-refractivity contribution in [1.29, 1.82) is 0 Å². The van der Waals surface area contributed by atoms with Gasteiger partial charge in [-0.15, -0.1) is 0 Å². The van der Waals surface area contributed by atoms with E-state index < -0.39 is 9.84 Å². The molecule has 140 valence electrons. The van der Waals surface area contributed by atoms with E-state index >= 15 is 0 Å². The summed E-state index contributed by atoms with van der Waals surface area (Å²) in [6.45, 7) is 1.99. The maximum Gasteiger partial charge on any atom is 0.220 e. The number of aromatic nitrogens is 3. The van der Waals surface area contributed by atoms with E-state index in [1.54, 1.807) is 11.0 Å². The van der Waals surface area contributed by atoms with Crippen molar-refractivity contribution in [3.05, 3.63) is 12.7 Å². The third-order valence-corrected chi connectivity index (χ3v) is 6.36. The summed E-state index contributed by atoms with van der Waals surface area (Å²) in [5, 5.41) is 10.3. The fourth-order valence-corrected chi connectivity index (χ4v) is 5.22. The van der Waals surface area contributed by atoms with Gasteiger partial charge in [-0.2, -0.15) is 5.10 Å². The van der Waals surface area contributed by atoms with Crippen molar-refractivity contribution in [1.82, 2.24) is 25.4 Å². The summed E-state index contributed by atoms with van der Waals surface area (Å²) < 4.78 is 31.0. The Bertz CT molecular complexity index is 657. The van der Waals surface area contributed by atoms with Crippen LogP contribution in [0.15, 0.2) is 12.7 Å². The van der Waals surface area contributed by atoms with Crippen LogP contribution in [-0.2, 0) is 25.9 Å². The normalized spacial score (nSPS) is 26.6. The Balaban J connectivity index is 1.48. The smallest absolute Gasteiger partial charge is 0.220 e. The lowest BCUT2D eigenvalue weighted by Crippen LogP contribution is -2.53. The van der Waals surface area contributed by atoms with Gasteiger partial charge in [0.1, 0.15) is 12.7 Å². The summed E-state index contributed by atoms with van der Waals surface area (Å²) in [6.07, 6.45) is 5.77. The van der Waals surface area contributed by atoms with Crippen molar-refractivity contribution < 1.29 is 17.9 Å². The molecule has 0 unspecified atom stereocenters. The fraction of sp³-hybridized carbons (Fsp3) is 0.800. The maximum atomic E-state index is 12.2. The number of rotatable bonds is 7. The van der Waals surface area contributed by atoms with Crippen molar-refractivity contribution in [2.75, 3.05) is 24.7 Å². The van der Waals surface area contributed by atoms with E-state index in [9.17, 15) is 13.2 Å². The molecule has 9 nitrogen and oxygen atoms in total. The SMILES string of the molecule is O=C(CCCn1cncn1)N[C@@H]1CS(=O)(=O)C[C@H]1NC1CCOCC1. The van der Waals surface area contributed by atoms with Gasteiger partial charge in [-0.25, -0.2) is 13.4 Å². The molecule has 0 spiro atoms. The Hall–Kier alpha value is -1.52. The van der Waals surface area contributed by atoms with Crippen LogP contribution >= 0.6 is 0 Å². The highest BCUT2D eigenvalue weighted by atomic mass is 32.2. The number of carbonyl (C=O) groups excluding carboxylic acids is 1.